The van der Waals surface area contributed by atoms with Crippen LogP contribution in [0.15, 0.2) is 31.0 Å². The van der Waals surface area contributed by atoms with Crippen LogP contribution in [-0.2, 0) is 0 Å². The van der Waals surface area contributed by atoms with E-state index in [1.807, 2.05) is 18.2 Å². The molecule has 1 rings (SSSR count). The molecular formula is C7H8N2O3. The largest absolute Gasteiger partial charge is 0.328 e. The minimum atomic E-state index is -1.50. The van der Waals surface area contributed by atoms with E-state index in [-0.39, 0.29) is 0 Å². The summed E-state index contributed by atoms with van der Waals surface area (Å²) in [7, 11) is 0. The van der Waals surface area contributed by atoms with Crippen molar-refractivity contribution < 1.29 is 10.3 Å². The van der Waals surface area contributed by atoms with Crippen molar-refractivity contribution in [2.45, 2.75) is 0 Å². The van der Waals surface area contributed by atoms with Gasteiger partial charge in [0.25, 0.3) is 5.09 Å². The van der Waals surface area contributed by atoms with Gasteiger partial charge in [-0.05, 0) is 18.2 Å². The maximum Gasteiger partial charge on any atom is 0.291 e. The van der Waals surface area contributed by atoms with Crippen molar-refractivity contribution in [3.8, 4) is 0 Å². The third-order valence-corrected chi connectivity index (χ3v) is 0.897. The topological polar surface area (TPSA) is 76.3 Å². The van der Waals surface area contributed by atoms with Crippen LogP contribution in [0.5, 0.6) is 0 Å². The maximum absolute atomic E-state index is 8.36. The van der Waals surface area contributed by atoms with E-state index in [0.717, 1.165) is 5.69 Å². The molecule has 0 fully saturated rings. The molecule has 0 saturated carbocycles. The first kappa shape index (κ1) is 10.1. The van der Waals surface area contributed by atoms with Crippen molar-refractivity contribution >= 4 is 6.08 Å². The summed E-state index contributed by atoms with van der Waals surface area (Å²) in [6.45, 7) is 3.57. The number of rotatable bonds is 1. The lowest BCUT2D eigenvalue weighted by atomic mass is 10.4. The zero-order valence-corrected chi connectivity index (χ0v) is 6.25. The van der Waals surface area contributed by atoms with Crippen molar-refractivity contribution in [1.82, 2.24) is 4.98 Å². The van der Waals surface area contributed by atoms with Gasteiger partial charge in [0.1, 0.15) is 0 Å². The third-order valence-electron chi connectivity index (χ3n) is 0.897. The van der Waals surface area contributed by atoms with Gasteiger partial charge in [-0.15, -0.1) is 10.1 Å². The molecule has 0 atom stereocenters. The van der Waals surface area contributed by atoms with E-state index in [1.54, 1.807) is 12.3 Å². The van der Waals surface area contributed by atoms with Crippen molar-refractivity contribution in [3.63, 3.8) is 0 Å². The van der Waals surface area contributed by atoms with Gasteiger partial charge in [-0.25, -0.2) is 0 Å². The highest BCUT2D eigenvalue weighted by atomic mass is 16.9. The lowest BCUT2D eigenvalue weighted by molar-refractivity contribution is -0.742. The van der Waals surface area contributed by atoms with Crippen LogP contribution < -0.4 is 0 Å². The van der Waals surface area contributed by atoms with Gasteiger partial charge in [-0.3, -0.25) is 4.98 Å². The molecule has 12 heavy (non-hydrogen) atoms. The molecule has 1 heterocycles. The lowest BCUT2D eigenvalue weighted by Crippen LogP contribution is -1.81. The number of hydrogen-bond donors (Lipinski definition) is 1. The highest BCUT2D eigenvalue weighted by Gasteiger charge is 1.77. The fraction of sp³-hybridized carbons (Fsp3) is 0. The zero-order valence-electron chi connectivity index (χ0n) is 6.25. The van der Waals surface area contributed by atoms with Crippen molar-refractivity contribution in [1.29, 1.82) is 0 Å². The molecule has 0 bridgehead atoms. The molecule has 5 nitrogen and oxygen atoms in total. The van der Waals surface area contributed by atoms with Crippen LogP contribution in [0.25, 0.3) is 6.08 Å². The summed E-state index contributed by atoms with van der Waals surface area (Å²) in [5.74, 6) is 0. The summed E-state index contributed by atoms with van der Waals surface area (Å²) >= 11 is 0. The van der Waals surface area contributed by atoms with Gasteiger partial charge < -0.3 is 5.21 Å². The number of pyridine rings is 1. The Morgan fingerprint density at radius 2 is 2.25 bits per heavy atom. The minimum Gasteiger partial charge on any atom is -0.328 e. The van der Waals surface area contributed by atoms with E-state index in [9.17, 15) is 0 Å². The molecule has 0 aliphatic carbocycles. The molecule has 0 aliphatic heterocycles. The number of nitrogens with zero attached hydrogens (tertiary/aromatic N) is 2. The van der Waals surface area contributed by atoms with E-state index in [1.165, 1.54) is 0 Å². The van der Waals surface area contributed by atoms with E-state index in [0.29, 0.717) is 0 Å². The van der Waals surface area contributed by atoms with Gasteiger partial charge in [0.2, 0.25) is 0 Å². The molecule has 1 aromatic rings. The number of hydrogen-bond acceptors (Lipinski definition) is 3. The SMILES string of the molecule is C=Cc1ccccn1.O=[N+]([O-])O. The van der Waals surface area contributed by atoms with Crippen LogP contribution in [-0.4, -0.2) is 15.3 Å². The fourth-order valence-corrected chi connectivity index (χ4v) is 0.497. The standard InChI is InChI=1S/C7H7N.HNO3/c1-2-7-5-3-4-6-8-7;2-1(3)4/h2-6H,1H2;(H,2,3,4). The second-order valence-electron chi connectivity index (χ2n) is 1.70. The first-order chi connectivity index (χ1) is 5.66. The maximum atomic E-state index is 8.36. The highest BCUT2D eigenvalue weighted by Crippen LogP contribution is 1.91. The Hall–Kier alpha value is -1.91. The van der Waals surface area contributed by atoms with E-state index < -0.39 is 5.09 Å². The average molecular weight is 168 g/mol. The quantitative estimate of drug-likeness (QED) is 0.507. The monoisotopic (exact) mass is 168 g/mol. The minimum absolute atomic E-state index is 0.924. The van der Waals surface area contributed by atoms with Crippen molar-refractivity contribution in [3.05, 3.63) is 46.8 Å². The molecule has 0 radical (unpaired) electrons. The molecule has 0 aromatic carbocycles. The van der Waals surface area contributed by atoms with E-state index in [2.05, 4.69) is 11.6 Å². The normalized spacial score (nSPS) is 7.67. The average Bonchev–Trinajstić information content (AvgIpc) is 2.05. The summed E-state index contributed by atoms with van der Waals surface area (Å²) in [6, 6.07) is 5.73. The Morgan fingerprint density at radius 1 is 1.67 bits per heavy atom. The second-order valence-corrected chi connectivity index (χ2v) is 1.70. The molecule has 64 valence electrons. The summed E-state index contributed by atoms with van der Waals surface area (Å²) < 4.78 is 0. The number of aromatic nitrogens is 1. The van der Waals surface area contributed by atoms with Crippen LogP contribution in [0.2, 0.25) is 0 Å². The Balaban J connectivity index is 0.000000261. The van der Waals surface area contributed by atoms with Crippen LogP contribution in [0, 0.1) is 10.1 Å². The van der Waals surface area contributed by atoms with Crippen molar-refractivity contribution in [2.75, 3.05) is 0 Å². The molecule has 5 heteroatoms. The van der Waals surface area contributed by atoms with Crippen LogP contribution >= 0.6 is 0 Å². The molecule has 1 N–H and O–H groups in total. The second kappa shape index (κ2) is 5.84. The van der Waals surface area contributed by atoms with E-state index >= 15 is 0 Å². The van der Waals surface area contributed by atoms with Crippen LogP contribution in [0.1, 0.15) is 5.69 Å². The summed E-state index contributed by atoms with van der Waals surface area (Å²) in [5, 5.41) is 13.6. The molecule has 0 saturated heterocycles. The predicted molar refractivity (Wildman–Crippen MR) is 43.1 cm³/mol. The molecule has 0 amide bonds. The highest BCUT2D eigenvalue weighted by molar-refractivity contribution is 5.40. The van der Waals surface area contributed by atoms with Gasteiger partial charge in [0.05, 0.1) is 5.69 Å². The molecule has 1 aromatic heterocycles. The first-order valence-electron chi connectivity index (χ1n) is 3.03. The summed E-state index contributed by atoms with van der Waals surface area (Å²) in [5.41, 5.74) is 0.924. The van der Waals surface area contributed by atoms with Gasteiger partial charge in [-0.1, -0.05) is 12.6 Å². The Kier molecular flexibility index (Phi) is 4.91. The molecular weight excluding hydrogens is 160 g/mol. The van der Waals surface area contributed by atoms with Gasteiger partial charge in [-0.2, -0.15) is 0 Å². The summed E-state index contributed by atoms with van der Waals surface area (Å²) in [6.07, 6.45) is 3.47. The van der Waals surface area contributed by atoms with E-state index in [4.69, 9.17) is 15.3 Å². The molecule has 0 spiro atoms. The zero-order chi connectivity index (χ0) is 9.40. The van der Waals surface area contributed by atoms with Gasteiger partial charge in [0.15, 0.2) is 0 Å². The van der Waals surface area contributed by atoms with Crippen LogP contribution in [0.3, 0.4) is 0 Å². The smallest absolute Gasteiger partial charge is 0.291 e. The third kappa shape index (κ3) is 6.21. The van der Waals surface area contributed by atoms with Gasteiger partial charge >= 0.3 is 0 Å². The first-order valence-corrected chi connectivity index (χ1v) is 3.03. The molecule has 0 unspecified atom stereocenters. The van der Waals surface area contributed by atoms with Crippen molar-refractivity contribution in [2.24, 2.45) is 0 Å². The fourth-order valence-electron chi connectivity index (χ4n) is 0.497. The molecule has 0 aliphatic rings. The Bertz CT molecular complexity index is 244. The Morgan fingerprint density at radius 3 is 2.50 bits per heavy atom. The van der Waals surface area contributed by atoms with Gasteiger partial charge in [0, 0.05) is 6.20 Å². The summed E-state index contributed by atoms with van der Waals surface area (Å²) in [4.78, 5) is 12.3. The van der Waals surface area contributed by atoms with Crippen LogP contribution in [0.4, 0.5) is 0 Å². The Labute approximate surface area is 69.1 Å². The predicted octanol–water partition coefficient (Wildman–Crippen LogP) is 1.38. The lowest BCUT2D eigenvalue weighted by Gasteiger charge is -1.84.